The average molecular weight is 698 g/mol. The monoisotopic (exact) mass is 697 g/mol. The smallest absolute Gasteiger partial charge is 0.170 e. The normalized spacial score (nSPS) is 17.7. The van der Waals surface area contributed by atoms with Gasteiger partial charge in [-0.15, -0.1) is 0 Å². The molecule has 0 saturated heterocycles. The van der Waals surface area contributed by atoms with Crippen LogP contribution in [0.25, 0.3) is 45.3 Å². The van der Waals surface area contributed by atoms with Crippen molar-refractivity contribution in [2.75, 3.05) is 0 Å². The van der Waals surface area contributed by atoms with Gasteiger partial charge in [-0.1, -0.05) is 160 Å². The third-order valence-corrected chi connectivity index (χ3v) is 21.4. The molecule has 2 aliphatic rings. The lowest BCUT2D eigenvalue weighted by atomic mass is 10.0. The Balaban J connectivity index is 1.27. The largest absolute Gasteiger partial charge is 0.309 e. The third kappa shape index (κ3) is 4.56. The number of aromatic nitrogens is 3. The van der Waals surface area contributed by atoms with Gasteiger partial charge in [0.15, 0.2) is 24.6 Å². The van der Waals surface area contributed by atoms with Crippen LogP contribution in [0.4, 0.5) is 0 Å². The minimum atomic E-state index is -3.15. The summed E-state index contributed by atoms with van der Waals surface area (Å²) in [4.78, 5) is 15.0. The number of fused-ring (bicyclic) bond motifs is 5. The molecule has 7 aromatic rings. The first-order valence-corrected chi connectivity index (χ1v) is 24.9. The molecule has 1 unspecified atom stereocenters. The zero-order valence-corrected chi connectivity index (χ0v) is 31.4. The summed E-state index contributed by atoms with van der Waals surface area (Å²) in [6.45, 7) is 9.76. The molecular weight excluding hydrogens is 662 g/mol. The first-order chi connectivity index (χ1) is 24.2. The van der Waals surface area contributed by atoms with Crippen molar-refractivity contribution < 1.29 is 4.57 Å². The second-order valence-electron chi connectivity index (χ2n) is 14.4. The van der Waals surface area contributed by atoms with Gasteiger partial charge in [-0.25, -0.2) is 15.0 Å². The highest BCUT2D eigenvalue weighted by Gasteiger charge is 2.48. The van der Waals surface area contributed by atoms with E-state index in [1.807, 2.05) is 78.9 Å². The number of benzene rings is 6. The van der Waals surface area contributed by atoms with Crippen molar-refractivity contribution in [2.24, 2.45) is 0 Å². The van der Waals surface area contributed by atoms with E-state index in [0.717, 1.165) is 32.6 Å². The summed E-state index contributed by atoms with van der Waals surface area (Å²) < 4.78 is 15.9. The van der Waals surface area contributed by atoms with Gasteiger partial charge in [0.05, 0.1) is 0 Å². The van der Waals surface area contributed by atoms with Crippen LogP contribution < -0.4 is 36.7 Å². The average Bonchev–Trinajstić information content (AvgIpc) is 3.39. The fraction of sp³-hybridized carbons (Fsp3) is 0.0930. The summed E-state index contributed by atoms with van der Waals surface area (Å²) >= 11 is 0. The van der Waals surface area contributed by atoms with Gasteiger partial charge < -0.3 is 4.57 Å². The second kappa shape index (κ2) is 11.3. The summed E-state index contributed by atoms with van der Waals surface area (Å²) in [6.07, 6.45) is 0. The van der Waals surface area contributed by atoms with E-state index in [1.54, 1.807) is 0 Å². The van der Waals surface area contributed by atoms with Gasteiger partial charge >= 0.3 is 0 Å². The zero-order chi connectivity index (χ0) is 34.3. The molecular formula is C43H36N3OPSi2. The maximum Gasteiger partial charge on any atom is 0.170 e. The van der Waals surface area contributed by atoms with Crippen LogP contribution in [-0.4, -0.2) is 31.1 Å². The van der Waals surface area contributed by atoms with Crippen molar-refractivity contribution in [1.29, 1.82) is 0 Å². The van der Waals surface area contributed by atoms with E-state index in [1.165, 1.54) is 31.9 Å². The van der Waals surface area contributed by atoms with E-state index in [-0.39, 0.29) is 0 Å². The minimum absolute atomic E-state index is 0.642. The Morgan fingerprint density at radius 3 is 1.54 bits per heavy atom. The van der Waals surface area contributed by atoms with Crippen LogP contribution in [0.5, 0.6) is 0 Å². The molecule has 0 fully saturated rings. The number of rotatable bonds is 4. The van der Waals surface area contributed by atoms with Gasteiger partial charge in [0.1, 0.15) is 16.1 Å². The summed E-state index contributed by atoms with van der Waals surface area (Å²) in [5.74, 6) is 1.94. The fourth-order valence-electron chi connectivity index (χ4n) is 8.09. The Labute approximate surface area is 295 Å². The predicted octanol–water partition coefficient (Wildman–Crippen LogP) is 6.45. The van der Waals surface area contributed by atoms with Gasteiger partial charge in [0, 0.05) is 32.6 Å². The minimum Gasteiger partial charge on any atom is -0.309 e. The third-order valence-electron chi connectivity index (χ3n) is 10.8. The van der Waals surface area contributed by atoms with E-state index >= 15 is 4.57 Å². The van der Waals surface area contributed by atoms with Crippen molar-refractivity contribution in [1.82, 2.24) is 15.0 Å². The van der Waals surface area contributed by atoms with Crippen LogP contribution in [0.2, 0.25) is 26.2 Å². The second-order valence-corrected chi connectivity index (χ2v) is 25.8. The summed E-state index contributed by atoms with van der Waals surface area (Å²) in [7, 11) is -7.42. The first-order valence-electron chi connectivity index (χ1n) is 17.1. The van der Waals surface area contributed by atoms with Gasteiger partial charge in [0.25, 0.3) is 0 Å². The van der Waals surface area contributed by atoms with Crippen LogP contribution in [0, 0.1) is 0 Å². The molecule has 2 aliphatic heterocycles. The van der Waals surface area contributed by atoms with Crippen molar-refractivity contribution in [3.8, 4) is 45.3 Å². The SMILES string of the molecule is C[Si]1(C)c2ccc(-c3nc(-c4ccccc4)nc(-c4ccccc4)n3)cc2-c2cc3c(cc21)[Si](C)(C)c1ccccc1P3(=O)c1ccccc1. The molecule has 0 saturated carbocycles. The van der Waals surface area contributed by atoms with Gasteiger partial charge in [0.2, 0.25) is 0 Å². The van der Waals surface area contributed by atoms with E-state index in [2.05, 4.69) is 92.9 Å². The van der Waals surface area contributed by atoms with Gasteiger partial charge in [-0.05, 0) is 44.0 Å². The molecule has 0 spiro atoms. The van der Waals surface area contributed by atoms with Crippen molar-refractivity contribution in [2.45, 2.75) is 26.2 Å². The van der Waals surface area contributed by atoms with Crippen LogP contribution >= 0.6 is 7.14 Å². The Bertz CT molecular complexity index is 2460. The number of hydrogen-bond donors (Lipinski definition) is 0. The molecule has 0 aliphatic carbocycles. The lowest BCUT2D eigenvalue weighted by molar-refractivity contribution is 0.592. The molecule has 4 nitrogen and oxygen atoms in total. The molecule has 7 heteroatoms. The van der Waals surface area contributed by atoms with Gasteiger partial charge in [-0.2, -0.15) is 0 Å². The van der Waals surface area contributed by atoms with Crippen LogP contribution in [0.15, 0.2) is 146 Å². The number of hydrogen-bond acceptors (Lipinski definition) is 4. The molecule has 1 aromatic heterocycles. The molecule has 0 radical (unpaired) electrons. The molecule has 0 N–H and O–H groups in total. The molecule has 50 heavy (non-hydrogen) atoms. The molecule has 0 amide bonds. The molecule has 242 valence electrons. The van der Waals surface area contributed by atoms with Crippen LogP contribution in [-0.2, 0) is 4.57 Å². The van der Waals surface area contributed by atoms with E-state index in [4.69, 9.17) is 15.0 Å². The Hall–Kier alpha value is -5.01. The van der Waals surface area contributed by atoms with Crippen molar-refractivity contribution in [3.05, 3.63) is 146 Å². The van der Waals surface area contributed by atoms with E-state index in [0.29, 0.717) is 17.5 Å². The van der Waals surface area contributed by atoms with Crippen LogP contribution in [0.1, 0.15) is 0 Å². The standard InChI is InChI=1S/C43H36N3OPSi2/c1-49(2)37-25-24-31(43-45-41(29-16-8-5-9-17-29)44-42(46-43)30-18-10-6-11-19-30)26-33(37)34-27-36-40(28-39(34)49)50(3,4)38-23-15-14-22-35(38)48(36,47)32-20-12-7-13-21-32/h5-28H,1-4H3. The summed E-state index contributed by atoms with van der Waals surface area (Å²) in [5.41, 5.74) is 5.26. The summed E-state index contributed by atoms with van der Waals surface area (Å²) in [6, 6.07) is 50.4. The maximum atomic E-state index is 15.9. The molecule has 3 heterocycles. The van der Waals surface area contributed by atoms with Crippen LogP contribution in [0.3, 0.4) is 0 Å². The highest BCUT2D eigenvalue weighted by molar-refractivity contribution is 7.87. The van der Waals surface area contributed by atoms with Gasteiger partial charge in [-0.3, -0.25) is 0 Å². The van der Waals surface area contributed by atoms with E-state index in [9.17, 15) is 0 Å². The zero-order valence-electron chi connectivity index (χ0n) is 28.6. The molecule has 1 atom stereocenters. The molecule has 0 bridgehead atoms. The lowest BCUT2D eigenvalue weighted by Gasteiger charge is -2.39. The van der Waals surface area contributed by atoms with Crippen molar-refractivity contribution >= 4 is 60.0 Å². The molecule has 9 rings (SSSR count). The topological polar surface area (TPSA) is 55.7 Å². The predicted molar refractivity (Wildman–Crippen MR) is 214 cm³/mol. The summed E-state index contributed by atoms with van der Waals surface area (Å²) in [5, 5.41) is 8.33. The Kier molecular flexibility index (Phi) is 6.98. The fourth-order valence-corrected chi connectivity index (χ4v) is 19.5. The van der Waals surface area contributed by atoms with Crippen molar-refractivity contribution in [3.63, 3.8) is 0 Å². The Morgan fingerprint density at radius 2 is 0.920 bits per heavy atom. The highest BCUT2D eigenvalue weighted by Crippen LogP contribution is 2.45. The maximum absolute atomic E-state index is 15.9. The quantitative estimate of drug-likeness (QED) is 0.157. The highest BCUT2D eigenvalue weighted by atomic mass is 31.2. The lowest BCUT2D eigenvalue weighted by Crippen LogP contribution is -2.68. The first kappa shape index (κ1) is 31.0. The van der Waals surface area contributed by atoms with E-state index < -0.39 is 23.3 Å². The Morgan fingerprint density at radius 1 is 0.420 bits per heavy atom. The number of nitrogens with zero attached hydrogens (tertiary/aromatic N) is 3. The molecule has 6 aromatic carbocycles.